The number of nitrogens with zero attached hydrogens (tertiary/aromatic N) is 3. The lowest BCUT2D eigenvalue weighted by Crippen LogP contribution is -2.28. The standard InChI is InChI=1S/C25H34N5O6P/c1-3-18(4-2)15-33-24(31)14-29-37(32,36-19-8-6-5-7-9-19)34-16-20-10-13-23(35-20)21-11-12-22-25(26)27-17-28-30(21)22/h5-9,11-12,17-18,20,23H,3-4,10,13-16H2,1-2H3,(H,29,32)(H2,26,27,28)/t20-,23+,37?/m0/s1. The number of hydrogen-bond donors (Lipinski definition) is 2. The van der Waals surface area contributed by atoms with E-state index in [-0.39, 0.29) is 25.4 Å². The second kappa shape index (κ2) is 12.5. The molecule has 200 valence electrons. The molecule has 0 radical (unpaired) electrons. The van der Waals surface area contributed by atoms with Gasteiger partial charge in [0.15, 0.2) is 5.82 Å². The lowest BCUT2D eigenvalue weighted by atomic mass is 10.1. The predicted octanol–water partition coefficient (Wildman–Crippen LogP) is 4.30. The minimum Gasteiger partial charge on any atom is -0.464 e. The van der Waals surface area contributed by atoms with E-state index < -0.39 is 13.7 Å². The maximum atomic E-state index is 13.6. The quantitative estimate of drug-likeness (QED) is 0.242. The van der Waals surface area contributed by atoms with E-state index in [1.807, 2.05) is 32.0 Å². The van der Waals surface area contributed by atoms with Crippen molar-refractivity contribution in [2.45, 2.75) is 51.7 Å². The van der Waals surface area contributed by atoms with E-state index in [2.05, 4.69) is 15.2 Å². The van der Waals surface area contributed by atoms with Crippen LogP contribution in [0, 0.1) is 5.92 Å². The number of hydrogen-bond acceptors (Lipinski definition) is 9. The first-order valence-corrected chi connectivity index (χ1v) is 14.1. The van der Waals surface area contributed by atoms with Crippen LogP contribution in [0.5, 0.6) is 5.75 Å². The molecule has 1 aliphatic rings. The highest BCUT2D eigenvalue weighted by Crippen LogP contribution is 2.45. The summed E-state index contributed by atoms with van der Waals surface area (Å²) in [7, 11) is -3.91. The number of esters is 1. The summed E-state index contributed by atoms with van der Waals surface area (Å²) in [5.74, 6) is 0.514. The number of fused-ring (bicyclic) bond motifs is 1. The van der Waals surface area contributed by atoms with Crippen LogP contribution >= 0.6 is 7.75 Å². The summed E-state index contributed by atoms with van der Waals surface area (Å²) in [5.41, 5.74) is 7.50. The van der Waals surface area contributed by atoms with Gasteiger partial charge < -0.3 is 19.7 Å². The Balaban J connectivity index is 1.36. The second-order valence-corrected chi connectivity index (χ2v) is 10.7. The SMILES string of the molecule is CCC(CC)COC(=O)CNP(=O)(OC[C@@H]1CC[C@H](c2ccc3c(N)ncnn23)O1)Oc1ccccc1. The number of benzene rings is 1. The Kier molecular flexibility index (Phi) is 9.15. The van der Waals surface area contributed by atoms with Gasteiger partial charge in [0.05, 0.1) is 25.0 Å². The normalized spacial score (nSPS) is 19.2. The molecule has 0 amide bonds. The highest BCUT2D eigenvalue weighted by atomic mass is 31.2. The smallest absolute Gasteiger partial charge is 0.459 e. The van der Waals surface area contributed by atoms with Gasteiger partial charge in [-0.15, -0.1) is 0 Å². The molecule has 0 aliphatic carbocycles. The van der Waals surface area contributed by atoms with E-state index in [4.69, 9.17) is 24.3 Å². The van der Waals surface area contributed by atoms with E-state index in [9.17, 15) is 9.36 Å². The van der Waals surface area contributed by atoms with Gasteiger partial charge in [0, 0.05) is 0 Å². The van der Waals surface area contributed by atoms with E-state index in [1.165, 1.54) is 6.33 Å². The van der Waals surface area contributed by atoms with Crippen molar-refractivity contribution >= 4 is 25.1 Å². The Labute approximate surface area is 216 Å². The number of carbonyl (C=O) groups is 1. The first kappa shape index (κ1) is 27.1. The van der Waals surface area contributed by atoms with Gasteiger partial charge in [-0.1, -0.05) is 44.9 Å². The summed E-state index contributed by atoms with van der Waals surface area (Å²) in [6.45, 7) is 4.12. The fourth-order valence-corrected chi connectivity index (χ4v) is 5.41. The fraction of sp³-hybridized carbons (Fsp3) is 0.480. The zero-order valence-electron chi connectivity index (χ0n) is 21.1. The number of carbonyl (C=O) groups excluding carboxylic acids is 1. The van der Waals surface area contributed by atoms with Crippen molar-refractivity contribution in [3.63, 3.8) is 0 Å². The molecule has 1 aliphatic heterocycles. The number of anilines is 1. The molecule has 1 aromatic carbocycles. The lowest BCUT2D eigenvalue weighted by molar-refractivity contribution is -0.143. The monoisotopic (exact) mass is 531 g/mol. The zero-order valence-corrected chi connectivity index (χ0v) is 22.0. The fourth-order valence-electron chi connectivity index (χ4n) is 4.12. The van der Waals surface area contributed by atoms with Crippen LogP contribution in [0.2, 0.25) is 0 Å². The maximum absolute atomic E-state index is 13.6. The van der Waals surface area contributed by atoms with Gasteiger partial charge in [-0.2, -0.15) is 5.10 Å². The Hall–Kier alpha value is -2.98. The van der Waals surface area contributed by atoms with Crippen LogP contribution in [-0.2, 0) is 23.4 Å². The van der Waals surface area contributed by atoms with Crippen molar-refractivity contribution in [1.82, 2.24) is 19.7 Å². The van der Waals surface area contributed by atoms with Crippen LogP contribution in [0.3, 0.4) is 0 Å². The summed E-state index contributed by atoms with van der Waals surface area (Å²) < 4.78 is 38.2. The Bertz CT molecular complexity index is 1220. The Morgan fingerprint density at radius 1 is 1.22 bits per heavy atom. The third-order valence-corrected chi connectivity index (χ3v) is 7.89. The summed E-state index contributed by atoms with van der Waals surface area (Å²) >= 11 is 0. The van der Waals surface area contributed by atoms with Crippen LogP contribution in [-0.4, -0.2) is 46.4 Å². The van der Waals surface area contributed by atoms with Crippen LogP contribution in [0.1, 0.15) is 51.3 Å². The predicted molar refractivity (Wildman–Crippen MR) is 138 cm³/mol. The molecule has 11 nitrogen and oxygen atoms in total. The molecule has 3 atom stereocenters. The largest absolute Gasteiger partial charge is 0.464 e. The van der Waals surface area contributed by atoms with Crippen LogP contribution in [0.25, 0.3) is 5.52 Å². The molecule has 37 heavy (non-hydrogen) atoms. The Morgan fingerprint density at radius 3 is 2.76 bits per heavy atom. The summed E-state index contributed by atoms with van der Waals surface area (Å²) in [5, 5.41) is 6.92. The van der Waals surface area contributed by atoms with Crippen molar-refractivity contribution in [2.24, 2.45) is 5.92 Å². The van der Waals surface area contributed by atoms with Crippen molar-refractivity contribution in [2.75, 3.05) is 25.5 Å². The molecular weight excluding hydrogens is 497 g/mol. The van der Waals surface area contributed by atoms with Crippen molar-refractivity contribution in [3.8, 4) is 5.75 Å². The second-order valence-electron chi connectivity index (χ2n) is 8.92. The molecule has 4 rings (SSSR count). The molecule has 3 N–H and O–H groups in total. The van der Waals surface area contributed by atoms with Crippen LogP contribution < -0.4 is 15.3 Å². The number of rotatable bonds is 13. The van der Waals surface area contributed by atoms with E-state index >= 15 is 0 Å². The molecule has 1 unspecified atom stereocenters. The average Bonchev–Trinajstić information content (AvgIpc) is 3.55. The summed E-state index contributed by atoms with van der Waals surface area (Å²) in [6.07, 6.45) is 4.08. The number of nitrogen functional groups attached to an aromatic ring is 1. The minimum absolute atomic E-state index is 0.0107. The molecule has 3 aromatic rings. The molecule has 3 heterocycles. The van der Waals surface area contributed by atoms with Crippen molar-refractivity contribution < 1.29 is 27.9 Å². The molecule has 1 saturated heterocycles. The van der Waals surface area contributed by atoms with Gasteiger partial charge in [0.25, 0.3) is 0 Å². The molecule has 0 spiro atoms. The van der Waals surface area contributed by atoms with Gasteiger partial charge in [0.2, 0.25) is 0 Å². The maximum Gasteiger partial charge on any atom is 0.459 e. The number of ether oxygens (including phenoxy) is 2. The number of para-hydroxylation sites is 1. The van der Waals surface area contributed by atoms with Gasteiger partial charge >= 0.3 is 13.7 Å². The molecule has 12 heteroatoms. The summed E-state index contributed by atoms with van der Waals surface area (Å²) in [4.78, 5) is 16.3. The first-order chi connectivity index (χ1) is 17.9. The highest BCUT2D eigenvalue weighted by molar-refractivity contribution is 7.52. The van der Waals surface area contributed by atoms with E-state index in [1.54, 1.807) is 28.8 Å². The van der Waals surface area contributed by atoms with Gasteiger partial charge in [-0.25, -0.2) is 19.2 Å². The van der Waals surface area contributed by atoms with Crippen LogP contribution in [0.4, 0.5) is 5.82 Å². The number of nitrogens with one attached hydrogen (secondary N) is 1. The molecular formula is C25H34N5O6P. The van der Waals surface area contributed by atoms with Gasteiger partial charge in [-0.3, -0.25) is 9.32 Å². The Morgan fingerprint density at radius 2 is 2.00 bits per heavy atom. The number of nitrogens with two attached hydrogens (primary N) is 1. The molecule has 1 fully saturated rings. The van der Waals surface area contributed by atoms with Crippen molar-refractivity contribution in [1.29, 1.82) is 0 Å². The minimum atomic E-state index is -3.91. The van der Waals surface area contributed by atoms with Crippen LogP contribution in [0.15, 0.2) is 48.8 Å². The van der Waals surface area contributed by atoms with E-state index in [0.717, 1.165) is 25.0 Å². The zero-order chi connectivity index (χ0) is 26.3. The molecule has 0 bridgehead atoms. The van der Waals surface area contributed by atoms with Crippen molar-refractivity contribution in [3.05, 3.63) is 54.5 Å². The van der Waals surface area contributed by atoms with E-state index in [0.29, 0.717) is 36.0 Å². The lowest BCUT2D eigenvalue weighted by Gasteiger charge is -2.22. The average molecular weight is 532 g/mol. The first-order valence-electron chi connectivity index (χ1n) is 12.5. The summed E-state index contributed by atoms with van der Waals surface area (Å²) in [6, 6.07) is 12.4. The molecule has 2 aromatic heterocycles. The number of aromatic nitrogens is 3. The third kappa shape index (κ3) is 7.07. The highest BCUT2D eigenvalue weighted by Gasteiger charge is 2.34. The topological polar surface area (TPSA) is 139 Å². The van der Waals surface area contributed by atoms with Gasteiger partial charge in [0.1, 0.15) is 30.2 Å². The van der Waals surface area contributed by atoms with Gasteiger partial charge in [-0.05, 0) is 43.0 Å². The molecule has 0 saturated carbocycles. The third-order valence-electron chi connectivity index (χ3n) is 6.40.